The van der Waals surface area contributed by atoms with E-state index in [1.807, 2.05) is 0 Å². The van der Waals surface area contributed by atoms with Gasteiger partial charge in [0.05, 0.1) is 12.4 Å². The zero-order valence-electron chi connectivity index (χ0n) is 8.02. The number of nitrogens with one attached hydrogen (secondary N) is 2. The number of hydrogen-bond acceptors (Lipinski definition) is 5. The topological polar surface area (TPSA) is 98.7 Å². The van der Waals surface area contributed by atoms with Crippen LogP contribution in [0.15, 0.2) is 0 Å². The first-order chi connectivity index (χ1) is 6.33. The summed E-state index contributed by atoms with van der Waals surface area (Å²) in [4.78, 5) is 0. The maximum Gasteiger partial charge on any atom is 0.208 e. The van der Waals surface area contributed by atoms with Crippen LogP contribution in [0.25, 0.3) is 0 Å². The molecule has 7 heteroatoms. The maximum absolute atomic E-state index is 10.8. The van der Waals surface area contributed by atoms with Crippen LogP contribution in [-0.2, 0) is 10.0 Å². The van der Waals surface area contributed by atoms with Gasteiger partial charge < -0.3 is 15.5 Å². The van der Waals surface area contributed by atoms with Gasteiger partial charge in [-0.15, -0.1) is 0 Å². The fourth-order valence-corrected chi connectivity index (χ4v) is 1.87. The third-order valence-corrected chi connectivity index (χ3v) is 3.00. The number of rotatable bonds is 3. The van der Waals surface area contributed by atoms with Crippen LogP contribution < -0.4 is 10.0 Å². The van der Waals surface area contributed by atoms with Crippen molar-refractivity contribution in [2.75, 3.05) is 25.9 Å². The SMILES string of the molecule is CS(=O)(=O)NC[C@]1(O)CCNC[C@H]1O. The third-order valence-electron chi connectivity index (χ3n) is 2.33. The summed E-state index contributed by atoms with van der Waals surface area (Å²) in [6, 6.07) is 0. The van der Waals surface area contributed by atoms with Crippen molar-refractivity contribution in [1.82, 2.24) is 10.0 Å². The fraction of sp³-hybridized carbons (Fsp3) is 1.00. The molecule has 1 heterocycles. The molecule has 0 saturated carbocycles. The minimum Gasteiger partial charge on any atom is -0.389 e. The summed E-state index contributed by atoms with van der Waals surface area (Å²) >= 11 is 0. The number of aliphatic hydroxyl groups excluding tert-OH is 1. The molecular formula is C7H16N2O4S. The van der Waals surface area contributed by atoms with Crippen LogP contribution in [0.3, 0.4) is 0 Å². The summed E-state index contributed by atoms with van der Waals surface area (Å²) in [7, 11) is -3.33. The lowest BCUT2D eigenvalue weighted by molar-refractivity contribution is -0.0868. The van der Waals surface area contributed by atoms with Gasteiger partial charge in [0.2, 0.25) is 10.0 Å². The van der Waals surface area contributed by atoms with Crippen LogP contribution in [0, 0.1) is 0 Å². The molecule has 6 nitrogen and oxygen atoms in total. The number of hydrogen-bond donors (Lipinski definition) is 4. The molecule has 0 bridgehead atoms. The highest BCUT2D eigenvalue weighted by Crippen LogP contribution is 2.17. The van der Waals surface area contributed by atoms with Crippen molar-refractivity contribution in [2.24, 2.45) is 0 Å². The average molecular weight is 224 g/mol. The Bertz CT molecular complexity index is 292. The van der Waals surface area contributed by atoms with Crippen LogP contribution in [0.5, 0.6) is 0 Å². The van der Waals surface area contributed by atoms with E-state index in [1.54, 1.807) is 0 Å². The Kier molecular flexibility index (Phi) is 3.49. The predicted octanol–water partition coefficient (Wildman–Crippen LogP) is -2.38. The summed E-state index contributed by atoms with van der Waals surface area (Å²) in [6.07, 6.45) is 0.408. The zero-order valence-corrected chi connectivity index (χ0v) is 8.84. The summed E-state index contributed by atoms with van der Waals surface area (Å²) in [5, 5.41) is 22.3. The van der Waals surface area contributed by atoms with Crippen molar-refractivity contribution in [2.45, 2.75) is 18.1 Å². The first-order valence-corrected chi connectivity index (χ1v) is 6.28. The van der Waals surface area contributed by atoms with Crippen molar-refractivity contribution in [3.8, 4) is 0 Å². The predicted molar refractivity (Wildman–Crippen MR) is 51.3 cm³/mol. The van der Waals surface area contributed by atoms with Gasteiger partial charge in [0.1, 0.15) is 5.60 Å². The first kappa shape index (κ1) is 11.9. The smallest absolute Gasteiger partial charge is 0.208 e. The van der Waals surface area contributed by atoms with Crippen molar-refractivity contribution in [3.05, 3.63) is 0 Å². The van der Waals surface area contributed by atoms with E-state index in [4.69, 9.17) is 0 Å². The molecule has 0 unspecified atom stereocenters. The second-order valence-electron chi connectivity index (χ2n) is 3.67. The lowest BCUT2D eigenvalue weighted by Gasteiger charge is -2.37. The average Bonchev–Trinajstić information content (AvgIpc) is 2.06. The Labute approximate surface area is 83.4 Å². The van der Waals surface area contributed by atoms with Gasteiger partial charge in [-0.25, -0.2) is 13.1 Å². The Hall–Kier alpha value is -0.210. The third kappa shape index (κ3) is 3.18. The molecule has 0 radical (unpaired) electrons. The molecule has 0 spiro atoms. The van der Waals surface area contributed by atoms with Crippen LogP contribution in [-0.4, -0.2) is 56.2 Å². The second kappa shape index (κ2) is 4.11. The van der Waals surface area contributed by atoms with E-state index in [1.165, 1.54) is 0 Å². The van der Waals surface area contributed by atoms with Crippen molar-refractivity contribution < 1.29 is 18.6 Å². The van der Waals surface area contributed by atoms with Crippen LogP contribution in [0.2, 0.25) is 0 Å². The van der Waals surface area contributed by atoms with E-state index in [0.29, 0.717) is 13.0 Å². The zero-order chi connectivity index (χ0) is 10.8. The molecule has 1 saturated heterocycles. The van der Waals surface area contributed by atoms with Gasteiger partial charge in [0.25, 0.3) is 0 Å². The quantitative estimate of drug-likeness (QED) is 0.429. The Morgan fingerprint density at radius 2 is 2.29 bits per heavy atom. The highest BCUT2D eigenvalue weighted by molar-refractivity contribution is 7.88. The Morgan fingerprint density at radius 3 is 2.79 bits per heavy atom. The minimum absolute atomic E-state index is 0.144. The lowest BCUT2D eigenvalue weighted by atomic mass is 9.90. The molecular weight excluding hydrogens is 208 g/mol. The normalized spacial score (nSPS) is 34.4. The number of β-amino-alcohol motifs (C(OH)–C–C–N with tert-alkyl or cyclic N) is 1. The molecule has 14 heavy (non-hydrogen) atoms. The summed E-state index contributed by atoms with van der Waals surface area (Å²) < 4.78 is 23.8. The molecule has 0 aromatic carbocycles. The van der Waals surface area contributed by atoms with E-state index >= 15 is 0 Å². The van der Waals surface area contributed by atoms with Crippen LogP contribution in [0.4, 0.5) is 0 Å². The van der Waals surface area contributed by atoms with Gasteiger partial charge in [-0.05, 0) is 13.0 Å². The van der Waals surface area contributed by atoms with E-state index in [-0.39, 0.29) is 13.1 Å². The number of piperidine rings is 1. The highest BCUT2D eigenvalue weighted by Gasteiger charge is 2.38. The molecule has 1 aliphatic rings. The summed E-state index contributed by atoms with van der Waals surface area (Å²) in [6.45, 7) is 0.704. The maximum atomic E-state index is 10.8. The number of sulfonamides is 1. The second-order valence-corrected chi connectivity index (χ2v) is 5.50. The van der Waals surface area contributed by atoms with Crippen molar-refractivity contribution in [1.29, 1.82) is 0 Å². The molecule has 2 atom stereocenters. The standard InChI is InChI=1S/C7H16N2O4S/c1-14(12,13)9-5-7(11)2-3-8-4-6(7)10/h6,8-11H,2-5H2,1H3/t6-,7-/m1/s1. The minimum atomic E-state index is -3.33. The number of aliphatic hydroxyl groups is 2. The van der Waals surface area contributed by atoms with Gasteiger partial charge in [-0.3, -0.25) is 0 Å². The summed E-state index contributed by atoms with van der Waals surface area (Å²) in [5.41, 5.74) is -1.35. The van der Waals surface area contributed by atoms with E-state index < -0.39 is 21.7 Å². The van der Waals surface area contributed by atoms with Gasteiger partial charge in [-0.2, -0.15) is 0 Å². The molecule has 0 aromatic rings. The van der Waals surface area contributed by atoms with E-state index in [9.17, 15) is 18.6 Å². The first-order valence-electron chi connectivity index (χ1n) is 4.39. The Morgan fingerprint density at radius 1 is 1.64 bits per heavy atom. The van der Waals surface area contributed by atoms with E-state index in [0.717, 1.165) is 6.26 Å². The Balaban J connectivity index is 2.56. The fourth-order valence-electron chi connectivity index (χ4n) is 1.36. The molecule has 0 amide bonds. The summed E-state index contributed by atoms with van der Waals surface area (Å²) in [5.74, 6) is 0. The van der Waals surface area contributed by atoms with Gasteiger partial charge in [0, 0.05) is 13.1 Å². The largest absolute Gasteiger partial charge is 0.389 e. The molecule has 84 valence electrons. The molecule has 4 N–H and O–H groups in total. The highest BCUT2D eigenvalue weighted by atomic mass is 32.2. The van der Waals surface area contributed by atoms with Crippen LogP contribution in [0.1, 0.15) is 6.42 Å². The van der Waals surface area contributed by atoms with Crippen LogP contribution >= 0.6 is 0 Å². The monoisotopic (exact) mass is 224 g/mol. The lowest BCUT2D eigenvalue weighted by Crippen LogP contribution is -2.59. The van der Waals surface area contributed by atoms with E-state index in [2.05, 4.69) is 10.0 Å². The molecule has 0 aromatic heterocycles. The van der Waals surface area contributed by atoms with Crippen molar-refractivity contribution >= 4 is 10.0 Å². The molecule has 1 aliphatic heterocycles. The van der Waals surface area contributed by atoms with Gasteiger partial charge >= 0.3 is 0 Å². The van der Waals surface area contributed by atoms with Crippen molar-refractivity contribution in [3.63, 3.8) is 0 Å². The molecule has 0 aliphatic carbocycles. The van der Waals surface area contributed by atoms with Gasteiger partial charge in [0.15, 0.2) is 0 Å². The molecule has 1 fully saturated rings. The van der Waals surface area contributed by atoms with Gasteiger partial charge in [-0.1, -0.05) is 0 Å². The molecule has 1 rings (SSSR count).